The molecule has 1 amide bonds. The minimum atomic E-state index is -4.59. The van der Waals surface area contributed by atoms with Crippen LogP contribution in [0.25, 0.3) is 0 Å². The van der Waals surface area contributed by atoms with Gasteiger partial charge in [0.2, 0.25) is 5.91 Å². The maximum atomic E-state index is 13.0. The number of hydrogen-bond donors (Lipinski definition) is 2. The summed E-state index contributed by atoms with van der Waals surface area (Å²) >= 11 is 0. The van der Waals surface area contributed by atoms with Gasteiger partial charge in [0.05, 0.1) is 39.9 Å². The third-order valence-electron chi connectivity index (χ3n) is 14.6. The molecule has 454 valence electrons. The summed E-state index contributed by atoms with van der Waals surface area (Å²) in [6, 6.07) is -0.819. The van der Waals surface area contributed by atoms with Gasteiger partial charge in [-0.1, -0.05) is 304 Å². The van der Waals surface area contributed by atoms with Gasteiger partial charge in [-0.2, -0.15) is 0 Å². The van der Waals surface area contributed by atoms with E-state index in [0.29, 0.717) is 23.9 Å². The number of aliphatic hydroxyl groups excluding tert-OH is 1. The molecule has 0 fully saturated rings. The highest BCUT2D eigenvalue weighted by molar-refractivity contribution is 7.45. The fraction of sp³-hybridized carbons (Fsp3) is 0.783. The molecule has 0 aliphatic carbocycles. The summed E-state index contributed by atoms with van der Waals surface area (Å²) in [6.45, 7) is 4.62. The van der Waals surface area contributed by atoms with Crippen molar-refractivity contribution in [3.8, 4) is 0 Å². The summed E-state index contributed by atoms with van der Waals surface area (Å²) < 4.78 is 23.5. The number of rotatable bonds is 60. The Hall–Kier alpha value is -2.32. The molecule has 0 bridgehead atoms. The average Bonchev–Trinajstić information content (AvgIpc) is 3.41. The molecule has 78 heavy (non-hydrogen) atoms. The van der Waals surface area contributed by atoms with E-state index < -0.39 is 20.0 Å². The minimum absolute atomic E-state index is 0.00409. The fourth-order valence-electron chi connectivity index (χ4n) is 9.55. The molecule has 3 unspecified atom stereocenters. The van der Waals surface area contributed by atoms with Gasteiger partial charge in [0, 0.05) is 6.42 Å². The first-order valence-electron chi connectivity index (χ1n) is 32.9. The van der Waals surface area contributed by atoms with E-state index in [1.807, 2.05) is 21.1 Å². The average molecular weight is 1110 g/mol. The Balaban J connectivity index is 4.15. The molecule has 8 nitrogen and oxygen atoms in total. The number of amides is 1. The minimum Gasteiger partial charge on any atom is -0.756 e. The topological polar surface area (TPSA) is 108 Å². The number of aliphatic hydroxyl groups is 1. The number of phosphoric ester groups is 1. The Morgan fingerprint density at radius 2 is 0.782 bits per heavy atom. The molecule has 0 saturated carbocycles. The zero-order valence-corrected chi connectivity index (χ0v) is 52.7. The van der Waals surface area contributed by atoms with Crippen molar-refractivity contribution in [1.29, 1.82) is 0 Å². The van der Waals surface area contributed by atoms with Gasteiger partial charge in [-0.05, 0) is 70.6 Å². The van der Waals surface area contributed by atoms with Crippen LogP contribution in [0.1, 0.15) is 296 Å². The number of nitrogens with one attached hydrogen (secondary N) is 1. The van der Waals surface area contributed by atoms with E-state index in [1.54, 1.807) is 0 Å². The molecule has 0 rings (SSSR count). The van der Waals surface area contributed by atoms with Crippen LogP contribution in [0, 0.1) is 0 Å². The van der Waals surface area contributed by atoms with Crippen molar-refractivity contribution in [3.63, 3.8) is 0 Å². The van der Waals surface area contributed by atoms with E-state index >= 15 is 0 Å². The molecule has 0 spiro atoms. The molecule has 0 aliphatic heterocycles. The maximum Gasteiger partial charge on any atom is 0.268 e. The fourth-order valence-corrected chi connectivity index (χ4v) is 10.3. The van der Waals surface area contributed by atoms with Gasteiger partial charge < -0.3 is 28.8 Å². The van der Waals surface area contributed by atoms with Gasteiger partial charge in [0.1, 0.15) is 13.2 Å². The summed E-state index contributed by atoms with van der Waals surface area (Å²) in [5.41, 5.74) is 0. The first kappa shape index (κ1) is 75.7. The van der Waals surface area contributed by atoms with Gasteiger partial charge >= 0.3 is 0 Å². The molecule has 0 aromatic rings. The van der Waals surface area contributed by atoms with Crippen LogP contribution in [0.4, 0.5) is 0 Å². The molecule has 0 heterocycles. The number of quaternary nitrogens is 1. The number of nitrogens with zero attached hydrogens (tertiary/aromatic N) is 1. The van der Waals surface area contributed by atoms with Crippen LogP contribution < -0.4 is 10.2 Å². The van der Waals surface area contributed by atoms with Crippen LogP contribution in [-0.4, -0.2) is 68.5 Å². The van der Waals surface area contributed by atoms with Crippen molar-refractivity contribution in [2.45, 2.75) is 309 Å². The lowest BCUT2D eigenvalue weighted by Crippen LogP contribution is -2.46. The highest BCUT2D eigenvalue weighted by Crippen LogP contribution is 2.38. The number of carbonyl (C=O) groups is 1. The molecule has 0 aromatic heterocycles. The molecular weight excluding hydrogens is 984 g/mol. The number of carbonyl (C=O) groups excluding carboxylic acids is 1. The molecule has 3 atom stereocenters. The van der Waals surface area contributed by atoms with Crippen molar-refractivity contribution in [2.75, 3.05) is 40.9 Å². The van der Waals surface area contributed by atoms with E-state index in [-0.39, 0.29) is 19.1 Å². The molecule has 2 N–H and O–H groups in total. The SMILES string of the molecule is CC/C=C\C/C=C\C/C=C\C/C=C\C/C=C\C/C=C\C/C=C\CCCCCCCC(=O)NC(COP(=O)([O-])OCC[N+](C)(C)C)C(O)CCCCCCCCCCCCCCCCCCCCCCCCCCCCCCC. The lowest BCUT2D eigenvalue weighted by atomic mass is 10.0. The van der Waals surface area contributed by atoms with Crippen molar-refractivity contribution in [3.05, 3.63) is 85.1 Å². The number of hydrogen-bond acceptors (Lipinski definition) is 6. The monoisotopic (exact) mass is 1110 g/mol. The zero-order valence-electron chi connectivity index (χ0n) is 51.9. The molecular formula is C69H127N2O6P. The van der Waals surface area contributed by atoms with Crippen molar-refractivity contribution in [2.24, 2.45) is 0 Å². The van der Waals surface area contributed by atoms with Gasteiger partial charge in [0.25, 0.3) is 7.82 Å². The predicted molar refractivity (Wildman–Crippen MR) is 339 cm³/mol. The summed E-state index contributed by atoms with van der Waals surface area (Å²) in [7, 11) is 1.29. The highest BCUT2D eigenvalue weighted by atomic mass is 31.2. The Kier molecular flexibility index (Phi) is 57.5. The summed E-state index contributed by atoms with van der Waals surface area (Å²) in [5, 5.41) is 14.1. The number of likely N-dealkylation sites (N-methyl/N-ethyl adjacent to an activating group) is 1. The highest BCUT2D eigenvalue weighted by Gasteiger charge is 2.24. The van der Waals surface area contributed by atoms with Gasteiger partial charge in [0.15, 0.2) is 0 Å². The Labute approximate surface area is 484 Å². The van der Waals surface area contributed by atoms with Crippen molar-refractivity contribution in [1.82, 2.24) is 5.32 Å². The molecule has 0 radical (unpaired) electrons. The van der Waals surface area contributed by atoms with Crippen LogP contribution in [0.3, 0.4) is 0 Å². The number of phosphoric acid groups is 1. The van der Waals surface area contributed by atoms with E-state index in [2.05, 4.69) is 104 Å². The second-order valence-electron chi connectivity index (χ2n) is 23.4. The predicted octanol–water partition coefficient (Wildman–Crippen LogP) is 20.1. The third kappa shape index (κ3) is 61.3. The molecule has 0 saturated heterocycles. The zero-order chi connectivity index (χ0) is 57.0. The van der Waals surface area contributed by atoms with E-state index in [9.17, 15) is 19.4 Å². The van der Waals surface area contributed by atoms with Crippen LogP contribution in [0.5, 0.6) is 0 Å². The number of allylic oxidation sites excluding steroid dienone is 14. The molecule has 9 heteroatoms. The lowest BCUT2D eigenvalue weighted by Gasteiger charge is -2.30. The van der Waals surface area contributed by atoms with E-state index in [4.69, 9.17) is 9.05 Å². The van der Waals surface area contributed by atoms with Crippen LogP contribution in [-0.2, 0) is 18.4 Å². The smallest absolute Gasteiger partial charge is 0.268 e. The van der Waals surface area contributed by atoms with Crippen LogP contribution in [0.15, 0.2) is 85.1 Å². The molecule has 0 aliphatic rings. The van der Waals surface area contributed by atoms with Crippen molar-refractivity contribution < 1.29 is 32.9 Å². The normalized spacial score (nSPS) is 14.3. The Morgan fingerprint density at radius 3 is 1.14 bits per heavy atom. The van der Waals surface area contributed by atoms with Gasteiger partial charge in [-0.15, -0.1) is 0 Å². The summed E-state index contributed by atoms with van der Waals surface area (Å²) in [6.07, 6.45) is 83.6. The van der Waals surface area contributed by atoms with Crippen molar-refractivity contribution >= 4 is 13.7 Å². The summed E-state index contributed by atoms with van der Waals surface area (Å²) in [4.78, 5) is 25.6. The Morgan fingerprint density at radius 1 is 0.462 bits per heavy atom. The summed E-state index contributed by atoms with van der Waals surface area (Å²) in [5.74, 6) is -0.183. The number of unbranched alkanes of at least 4 members (excludes halogenated alkanes) is 33. The molecule has 0 aromatic carbocycles. The Bertz CT molecular complexity index is 1550. The van der Waals surface area contributed by atoms with E-state index in [0.717, 1.165) is 103 Å². The first-order chi connectivity index (χ1) is 38.0. The second-order valence-corrected chi connectivity index (χ2v) is 24.9. The van der Waals surface area contributed by atoms with Gasteiger partial charge in [-0.3, -0.25) is 9.36 Å². The standard InChI is InChI=1S/C69H127N2O6P/c1-6-8-10-12-14-16-18-20-22-24-26-28-30-32-34-35-37-38-40-42-44-46-48-50-52-54-56-58-60-62-68(72)67(66-77-78(74,75)76-65-64-71(3,4)5)70-69(73)63-61-59-57-55-53-51-49-47-45-43-41-39-36-33-31-29-27-25-23-21-19-17-15-13-11-9-7-2/h9,11,15,17,21,23,27,29,33,36,41,43,47,49,67-68,72H,6-8,10,12-14,16,18-20,22,24-26,28,30-32,34-35,37-40,42,44-46,48,50-66H2,1-5H3,(H-,70,73,74,75)/b11-9-,17-15-,23-21-,29-27-,36-33-,43-41-,49-47-. The van der Waals surface area contributed by atoms with Crippen LogP contribution >= 0.6 is 7.82 Å². The third-order valence-corrected chi connectivity index (χ3v) is 15.6. The van der Waals surface area contributed by atoms with E-state index in [1.165, 1.54) is 167 Å². The largest absolute Gasteiger partial charge is 0.756 e. The quantitative estimate of drug-likeness (QED) is 0.0272. The lowest BCUT2D eigenvalue weighted by molar-refractivity contribution is -0.870. The first-order valence-corrected chi connectivity index (χ1v) is 34.4. The van der Waals surface area contributed by atoms with Gasteiger partial charge in [-0.25, -0.2) is 0 Å². The van der Waals surface area contributed by atoms with Crippen LogP contribution in [0.2, 0.25) is 0 Å². The second kappa shape index (κ2) is 59.3. The maximum absolute atomic E-state index is 13.0.